The molecule has 21 heavy (non-hydrogen) atoms. The lowest BCUT2D eigenvalue weighted by Crippen LogP contribution is -2.56. The van der Waals surface area contributed by atoms with Gasteiger partial charge in [-0.1, -0.05) is 0 Å². The molecule has 0 aromatic carbocycles. The molecule has 0 radical (unpaired) electrons. The largest absolute Gasteiger partial charge is 0.470 e. The van der Waals surface area contributed by atoms with Gasteiger partial charge in [-0.2, -0.15) is 5.26 Å². The average Bonchev–Trinajstić information content (AvgIpc) is 2.89. The summed E-state index contributed by atoms with van der Waals surface area (Å²) >= 11 is 3.16. The van der Waals surface area contributed by atoms with Crippen LogP contribution in [-0.2, 0) is 0 Å². The first kappa shape index (κ1) is 13.6. The molecule has 0 bridgehead atoms. The Hall–Kier alpha value is -2.33. The molecule has 106 valence electrons. The van der Waals surface area contributed by atoms with E-state index < -0.39 is 0 Å². The van der Waals surface area contributed by atoms with Crippen LogP contribution in [0.5, 0.6) is 5.88 Å². The zero-order chi connectivity index (χ0) is 14.8. The van der Waals surface area contributed by atoms with E-state index in [-0.39, 0.29) is 17.8 Å². The third kappa shape index (κ3) is 2.76. The molecule has 2 aromatic rings. The molecule has 1 amide bonds. The predicted molar refractivity (Wildman–Crippen MR) is 75.7 cm³/mol. The van der Waals surface area contributed by atoms with Gasteiger partial charge in [-0.25, -0.2) is 4.98 Å². The van der Waals surface area contributed by atoms with Crippen molar-refractivity contribution in [3.8, 4) is 11.9 Å². The molecule has 3 heterocycles. The molecule has 0 saturated carbocycles. The van der Waals surface area contributed by atoms with Gasteiger partial charge in [0.1, 0.15) is 17.7 Å². The molecule has 2 aromatic heterocycles. The Morgan fingerprint density at radius 2 is 2.29 bits per heavy atom. The van der Waals surface area contributed by atoms with E-state index in [2.05, 4.69) is 20.9 Å². The normalized spacial score (nSPS) is 14.4. The summed E-state index contributed by atoms with van der Waals surface area (Å²) in [7, 11) is 0. The van der Waals surface area contributed by atoms with Gasteiger partial charge in [0.15, 0.2) is 10.4 Å². The lowest BCUT2D eigenvalue weighted by Gasteiger charge is -2.38. The summed E-state index contributed by atoms with van der Waals surface area (Å²) in [6.45, 7) is 0.886. The number of hydrogen-bond acceptors (Lipinski definition) is 5. The second-order valence-corrected chi connectivity index (χ2v) is 5.30. The second-order valence-electron chi connectivity index (χ2n) is 4.52. The highest BCUT2D eigenvalue weighted by Gasteiger charge is 2.34. The maximum Gasteiger partial charge on any atom is 0.289 e. The van der Waals surface area contributed by atoms with E-state index in [0.29, 0.717) is 29.2 Å². The summed E-state index contributed by atoms with van der Waals surface area (Å²) in [5.41, 5.74) is 0.386. The summed E-state index contributed by atoms with van der Waals surface area (Å²) in [6.07, 6.45) is 1.41. The highest BCUT2D eigenvalue weighted by Crippen LogP contribution is 2.22. The molecule has 1 fully saturated rings. The number of amides is 1. The van der Waals surface area contributed by atoms with Crippen molar-refractivity contribution in [2.24, 2.45) is 0 Å². The van der Waals surface area contributed by atoms with E-state index in [1.165, 1.54) is 0 Å². The number of carbonyl (C=O) groups excluding carboxylic acids is 1. The monoisotopic (exact) mass is 347 g/mol. The third-order valence-electron chi connectivity index (χ3n) is 3.09. The van der Waals surface area contributed by atoms with E-state index in [4.69, 9.17) is 14.4 Å². The molecular weight excluding hydrogens is 338 g/mol. The minimum absolute atomic E-state index is 0.158. The number of nitriles is 1. The molecule has 1 aliphatic rings. The van der Waals surface area contributed by atoms with Gasteiger partial charge in [0.25, 0.3) is 5.91 Å². The minimum atomic E-state index is -0.179. The summed E-state index contributed by atoms with van der Waals surface area (Å²) < 4.78 is 11.4. The first-order chi connectivity index (χ1) is 10.2. The van der Waals surface area contributed by atoms with Crippen LogP contribution < -0.4 is 4.74 Å². The van der Waals surface area contributed by atoms with Gasteiger partial charge < -0.3 is 14.1 Å². The van der Waals surface area contributed by atoms with Crippen molar-refractivity contribution < 1.29 is 13.9 Å². The van der Waals surface area contributed by atoms with Gasteiger partial charge in [0, 0.05) is 6.20 Å². The number of hydrogen-bond donors (Lipinski definition) is 0. The fourth-order valence-electron chi connectivity index (χ4n) is 1.99. The Morgan fingerprint density at radius 3 is 2.95 bits per heavy atom. The Morgan fingerprint density at radius 1 is 1.48 bits per heavy atom. The highest BCUT2D eigenvalue weighted by atomic mass is 79.9. The van der Waals surface area contributed by atoms with Crippen molar-refractivity contribution in [3.63, 3.8) is 0 Å². The topological polar surface area (TPSA) is 79.4 Å². The van der Waals surface area contributed by atoms with Crippen LogP contribution in [0.2, 0.25) is 0 Å². The number of aromatic nitrogens is 1. The van der Waals surface area contributed by atoms with Gasteiger partial charge in [0.2, 0.25) is 5.88 Å². The molecule has 0 N–H and O–H groups in total. The molecule has 7 heteroatoms. The molecule has 1 saturated heterocycles. The number of rotatable bonds is 3. The van der Waals surface area contributed by atoms with Crippen LogP contribution in [0, 0.1) is 11.3 Å². The van der Waals surface area contributed by atoms with E-state index in [9.17, 15) is 4.79 Å². The van der Waals surface area contributed by atoms with Crippen LogP contribution in [0.1, 0.15) is 16.1 Å². The van der Waals surface area contributed by atoms with Crippen molar-refractivity contribution in [1.29, 1.82) is 5.26 Å². The summed E-state index contributed by atoms with van der Waals surface area (Å²) in [5.74, 6) is 0.413. The fraction of sp³-hybridized carbons (Fsp3) is 0.214. The van der Waals surface area contributed by atoms with E-state index >= 15 is 0 Å². The Bertz CT molecular complexity index is 716. The quantitative estimate of drug-likeness (QED) is 0.850. The van der Waals surface area contributed by atoms with Gasteiger partial charge in [0.05, 0.1) is 13.1 Å². The van der Waals surface area contributed by atoms with Gasteiger partial charge in [-0.15, -0.1) is 0 Å². The maximum atomic E-state index is 12.0. The van der Waals surface area contributed by atoms with Crippen LogP contribution in [0.3, 0.4) is 0 Å². The van der Waals surface area contributed by atoms with Crippen molar-refractivity contribution in [3.05, 3.63) is 46.5 Å². The Balaban J connectivity index is 1.59. The molecular formula is C14H10BrN3O3. The number of halogens is 1. The molecule has 0 unspecified atom stereocenters. The number of furan rings is 1. The average molecular weight is 348 g/mol. The van der Waals surface area contributed by atoms with Crippen LogP contribution in [-0.4, -0.2) is 35.0 Å². The van der Waals surface area contributed by atoms with Gasteiger partial charge in [-0.3, -0.25) is 4.79 Å². The van der Waals surface area contributed by atoms with E-state index in [1.807, 2.05) is 6.07 Å². The number of likely N-dealkylation sites (tertiary alicyclic amines) is 1. The number of carbonyl (C=O) groups is 1. The van der Waals surface area contributed by atoms with Crippen LogP contribution in [0.15, 0.2) is 39.5 Å². The van der Waals surface area contributed by atoms with Crippen molar-refractivity contribution in [2.75, 3.05) is 13.1 Å². The third-order valence-corrected chi connectivity index (χ3v) is 3.52. The maximum absolute atomic E-state index is 12.0. The lowest BCUT2D eigenvalue weighted by atomic mass is 10.1. The summed E-state index contributed by atoms with van der Waals surface area (Å²) in [4.78, 5) is 17.7. The Labute approximate surface area is 129 Å². The number of ether oxygens (including phenoxy) is 1. The highest BCUT2D eigenvalue weighted by molar-refractivity contribution is 9.10. The first-order valence-electron chi connectivity index (χ1n) is 6.24. The standard InChI is InChI=1S/C14H10BrN3O3/c15-12-4-3-11(21-12)14(19)18-7-10(8-18)20-13-9(6-16)2-1-5-17-13/h1-5,10H,7-8H2. The van der Waals surface area contributed by atoms with Crippen LogP contribution in [0.4, 0.5) is 0 Å². The second kappa shape index (κ2) is 5.58. The first-order valence-corrected chi connectivity index (χ1v) is 7.03. The van der Waals surface area contributed by atoms with Gasteiger partial charge >= 0.3 is 0 Å². The number of pyridine rings is 1. The lowest BCUT2D eigenvalue weighted by molar-refractivity contribution is 0.0136. The number of nitrogens with zero attached hydrogens (tertiary/aromatic N) is 3. The van der Waals surface area contributed by atoms with E-state index in [1.54, 1.807) is 35.4 Å². The van der Waals surface area contributed by atoms with Crippen LogP contribution >= 0.6 is 15.9 Å². The molecule has 1 aliphatic heterocycles. The molecule has 3 rings (SSSR count). The molecule has 0 aliphatic carbocycles. The molecule has 6 nitrogen and oxygen atoms in total. The zero-order valence-corrected chi connectivity index (χ0v) is 12.4. The van der Waals surface area contributed by atoms with Crippen molar-refractivity contribution in [1.82, 2.24) is 9.88 Å². The summed E-state index contributed by atoms with van der Waals surface area (Å²) in [5, 5.41) is 8.96. The smallest absolute Gasteiger partial charge is 0.289 e. The predicted octanol–water partition coefficient (Wildman–Crippen LogP) is 2.21. The minimum Gasteiger partial charge on any atom is -0.470 e. The molecule has 0 spiro atoms. The summed E-state index contributed by atoms with van der Waals surface area (Å²) in [6, 6.07) is 8.64. The zero-order valence-electron chi connectivity index (χ0n) is 10.8. The van der Waals surface area contributed by atoms with E-state index in [0.717, 1.165) is 0 Å². The van der Waals surface area contributed by atoms with Gasteiger partial charge in [-0.05, 0) is 40.2 Å². The SMILES string of the molecule is N#Cc1cccnc1OC1CN(C(=O)c2ccc(Br)o2)C1. The Kier molecular flexibility index (Phi) is 3.62. The van der Waals surface area contributed by atoms with Crippen molar-refractivity contribution in [2.45, 2.75) is 6.10 Å². The van der Waals surface area contributed by atoms with Crippen LogP contribution in [0.25, 0.3) is 0 Å². The van der Waals surface area contributed by atoms with Crippen molar-refractivity contribution >= 4 is 21.8 Å². The fourth-order valence-corrected chi connectivity index (χ4v) is 2.30. The molecule has 0 atom stereocenters.